The Balaban J connectivity index is 2.48. The van der Waals surface area contributed by atoms with Gasteiger partial charge in [0.05, 0.1) is 6.04 Å². The van der Waals surface area contributed by atoms with Gasteiger partial charge in [0.15, 0.2) is 0 Å². The molecule has 3 nitrogen and oxygen atoms in total. The van der Waals surface area contributed by atoms with E-state index in [1.165, 1.54) is 16.8 Å². The Labute approximate surface area is 95.9 Å². The topological polar surface area (TPSA) is 44.9 Å². The summed E-state index contributed by atoms with van der Waals surface area (Å²) >= 11 is 0. The molecule has 86 valence electrons. The third-order valence-electron chi connectivity index (χ3n) is 3.78. The van der Waals surface area contributed by atoms with Crippen LogP contribution in [0.1, 0.15) is 42.4 Å². The van der Waals surface area contributed by atoms with Crippen LogP contribution in [0, 0.1) is 20.8 Å². The summed E-state index contributed by atoms with van der Waals surface area (Å²) in [5.41, 5.74) is 6.79. The van der Waals surface area contributed by atoms with Crippen LogP contribution in [0.4, 0.5) is 0 Å². The van der Waals surface area contributed by atoms with Gasteiger partial charge in [-0.3, -0.25) is 4.79 Å². The fraction of sp³-hybridized carbons (Fsp3) is 0.462. The number of aromatic nitrogens is 1. The van der Waals surface area contributed by atoms with Crippen molar-refractivity contribution in [2.24, 2.45) is 0 Å². The molecule has 0 bridgehead atoms. The second-order valence-corrected chi connectivity index (χ2v) is 4.63. The van der Waals surface area contributed by atoms with Crippen LogP contribution in [-0.2, 0) is 4.79 Å². The van der Waals surface area contributed by atoms with Crippen LogP contribution in [0.3, 0.4) is 0 Å². The average Bonchev–Trinajstić information content (AvgIpc) is 2.64. The maximum absolute atomic E-state index is 11.6. The molecule has 0 aromatic carbocycles. The Morgan fingerprint density at radius 2 is 1.62 bits per heavy atom. The third-order valence-corrected chi connectivity index (χ3v) is 3.78. The second-order valence-electron chi connectivity index (χ2n) is 4.63. The molecule has 1 aromatic rings. The van der Waals surface area contributed by atoms with Gasteiger partial charge >= 0.3 is 0 Å². The van der Waals surface area contributed by atoms with Gasteiger partial charge in [0, 0.05) is 17.0 Å². The summed E-state index contributed by atoms with van der Waals surface area (Å²) in [5, 5.41) is 3.01. The number of carbonyl (C=O) groups excluding carboxylic acids is 1. The Morgan fingerprint density at radius 3 is 2.00 bits per heavy atom. The van der Waals surface area contributed by atoms with Crippen molar-refractivity contribution >= 4 is 5.91 Å². The van der Waals surface area contributed by atoms with Gasteiger partial charge in [-0.05, 0) is 51.3 Å². The number of aromatic amines is 1. The number of aryl methyl sites for hydroxylation is 1. The number of hydrogen-bond acceptors (Lipinski definition) is 1. The van der Waals surface area contributed by atoms with E-state index >= 15 is 0 Å². The van der Waals surface area contributed by atoms with Crippen LogP contribution < -0.4 is 5.32 Å². The first-order chi connectivity index (χ1) is 7.43. The summed E-state index contributed by atoms with van der Waals surface area (Å²) in [4.78, 5) is 15.0. The zero-order valence-corrected chi connectivity index (χ0v) is 10.5. The summed E-state index contributed by atoms with van der Waals surface area (Å²) < 4.78 is 0. The first-order valence-electron chi connectivity index (χ1n) is 5.57. The van der Waals surface area contributed by atoms with Crippen molar-refractivity contribution in [2.75, 3.05) is 0 Å². The van der Waals surface area contributed by atoms with Gasteiger partial charge in [-0.2, -0.15) is 0 Å². The quantitative estimate of drug-likeness (QED) is 0.747. The maximum atomic E-state index is 11.6. The molecule has 1 atom stereocenters. The van der Waals surface area contributed by atoms with E-state index in [9.17, 15) is 4.79 Å². The van der Waals surface area contributed by atoms with Crippen LogP contribution in [0.25, 0.3) is 0 Å². The van der Waals surface area contributed by atoms with Gasteiger partial charge < -0.3 is 10.3 Å². The standard InChI is InChI=1S/C13H18N2O/c1-6-7(2)11(14-10(6)5)12-8(3)9(4)13(16)15-12/h12,14H,1-5H3,(H,15,16). The maximum Gasteiger partial charge on any atom is 0.247 e. The first kappa shape index (κ1) is 11.0. The minimum absolute atomic E-state index is 0.0277. The molecule has 0 spiro atoms. The molecule has 1 unspecified atom stereocenters. The minimum Gasteiger partial charge on any atom is -0.360 e. The molecule has 0 radical (unpaired) electrons. The predicted molar refractivity (Wildman–Crippen MR) is 64.3 cm³/mol. The van der Waals surface area contributed by atoms with E-state index in [1.54, 1.807) is 0 Å². The number of hydrogen-bond donors (Lipinski definition) is 2. The molecule has 0 fully saturated rings. The van der Waals surface area contributed by atoms with Crippen molar-refractivity contribution in [1.82, 2.24) is 10.3 Å². The van der Waals surface area contributed by atoms with E-state index in [4.69, 9.17) is 0 Å². The zero-order chi connectivity index (χ0) is 12.0. The van der Waals surface area contributed by atoms with Crippen molar-refractivity contribution in [2.45, 2.75) is 40.7 Å². The van der Waals surface area contributed by atoms with Gasteiger partial charge in [-0.25, -0.2) is 0 Å². The Kier molecular flexibility index (Phi) is 2.41. The van der Waals surface area contributed by atoms with Crippen LogP contribution in [0.5, 0.6) is 0 Å². The normalized spacial score (nSPS) is 20.6. The lowest BCUT2D eigenvalue weighted by Crippen LogP contribution is -2.22. The smallest absolute Gasteiger partial charge is 0.247 e. The highest BCUT2D eigenvalue weighted by Gasteiger charge is 2.29. The molecule has 1 aliphatic heterocycles. The highest BCUT2D eigenvalue weighted by molar-refractivity contribution is 5.97. The molecule has 0 saturated heterocycles. The molecule has 2 N–H and O–H groups in total. The lowest BCUT2D eigenvalue weighted by atomic mass is 10.0. The Morgan fingerprint density at radius 1 is 1.00 bits per heavy atom. The largest absolute Gasteiger partial charge is 0.360 e. The third kappa shape index (κ3) is 1.39. The van der Waals surface area contributed by atoms with Crippen molar-refractivity contribution < 1.29 is 4.79 Å². The molecule has 2 heterocycles. The fourth-order valence-electron chi connectivity index (χ4n) is 2.19. The van der Waals surface area contributed by atoms with Gasteiger partial charge in [0.25, 0.3) is 0 Å². The summed E-state index contributed by atoms with van der Waals surface area (Å²) in [6.07, 6.45) is 0. The molecule has 1 aliphatic rings. The van der Waals surface area contributed by atoms with Gasteiger partial charge in [-0.1, -0.05) is 0 Å². The van der Waals surface area contributed by atoms with Crippen LogP contribution in [0.2, 0.25) is 0 Å². The van der Waals surface area contributed by atoms with E-state index in [0.717, 1.165) is 16.8 Å². The molecule has 1 aromatic heterocycles. The molecule has 3 heteroatoms. The van der Waals surface area contributed by atoms with E-state index < -0.39 is 0 Å². The minimum atomic E-state index is 0.0277. The molecule has 2 rings (SSSR count). The molecular weight excluding hydrogens is 200 g/mol. The number of amides is 1. The van der Waals surface area contributed by atoms with E-state index in [1.807, 2.05) is 13.8 Å². The number of H-pyrrole nitrogens is 1. The average molecular weight is 218 g/mol. The number of carbonyl (C=O) groups is 1. The summed E-state index contributed by atoms with van der Waals surface area (Å²) in [6, 6.07) is 0.0277. The summed E-state index contributed by atoms with van der Waals surface area (Å²) in [6.45, 7) is 10.2. The van der Waals surface area contributed by atoms with Gasteiger partial charge in [-0.15, -0.1) is 0 Å². The SMILES string of the molecule is CC1=C(C)C(c2[nH]c(C)c(C)c2C)NC1=O. The number of rotatable bonds is 1. The second kappa shape index (κ2) is 3.51. The molecular formula is C13H18N2O. The van der Waals surface area contributed by atoms with Crippen molar-refractivity contribution in [3.63, 3.8) is 0 Å². The number of nitrogens with one attached hydrogen (secondary N) is 2. The lowest BCUT2D eigenvalue weighted by molar-refractivity contribution is -0.117. The van der Waals surface area contributed by atoms with E-state index in [-0.39, 0.29) is 11.9 Å². The molecule has 0 saturated carbocycles. The highest BCUT2D eigenvalue weighted by atomic mass is 16.2. The van der Waals surface area contributed by atoms with E-state index in [2.05, 4.69) is 31.1 Å². The molecule has 0 aliphatic carbocycles. The van der Waals surface area contributed by atoms with Crippen molar-refractivity contribution in [3.05, 3.63) is 33.7 Å². The summed E-state index contributed by atoms with van der Waals surface area (Å²) in [7, 11) is 0. The predicted octanol–water partition coefficient (Wildman–Crippen LogP) is 2.45. The van der Waals surface area contributed by atoms with Gasteiger partial charge in [0.2, 0.25) is 5.91 Å². The lowest BCUT2D eigenvalue weighted by Gasteiger charge is -2.12. The Bertz CT molecular complexity index is 494. The monoisotopic (exact) mass is 218 g/mol. The zero-order valence-electron chi connectivity index (χ0n) is 10.5. The van der Waals surface area contributed by atoms with Gasteiger partial charge in [0.1, 0.15) is 0 Å². The molecule has 16 heavy (non-hydrogen) atoms. The van der Waals surface area contributed by atoms with Crippen LogP contribution in [0.15, 0.2) is 11.1 Å². The highest BCUT2D eigenvalue weighted by Crippen LogP contribution is 2.32. The molecule has 1 amide bonds. The van der Waals surface area contributed by atoms with Crippen LogP contribution in [-0.4, -0.2) is 10.9 Å². The first-order valence-corrected chi connectivity index (χ1v) is 5.57. The Hall–Kier alpha value is -1.51. The summed E-state index contributed by atoms with van der Waals surface area (Å²) in [5.74, 6) is 0.0480. The fourth-order valence-corrected chi connectivity index (χ4v) is 2.19. The van der Waals surface area contributed by atoms with Crippen LogP contribution >= 0.6 is 0 Å². The van der Waals surface area contributed by atoms with Crippen molar-refractivity contribution in [1.29, 1.82) is 0 Å². The van der Waals surface area contributed by atoms with E-state index in [0.29, 0.717) is 0 Å². The van der Waals surface area contributed by atoms with Crippen molar-refractivity contribution in [3.8, 4) is 0 Å².